The molecule has 0 aromatic heterocycles. The Labute approximate surface area is 95.7 Å². The smallest absolute Gasteiger partial charge is 0.240 e. The van der Waals surface area contributed by atoms with Crippen LogP contribution >= 0.6 is 11.6 Å². The first-order valence-corrected chi connectivity index (χ1v) is 6.11. The largest absolute Gasteiger partial charge is 0.380 e. The summed E-state index contributed by atoms with van der Waals surface area (Å²) in [5, 5.41) is -0.336. The fraction of sp³-hybridized carbons (Fsp3) is 0.909. The lowest BCUT2D eigenvalue weighted by molar-refractivity contribution is -0.152. The standard InChI is InChI=1S/C11H18ClNO2/c1-2-9(12)10(14)13-5-3-11(4-6-13)7-15-8-11/h9H,2-8H2,1H3/t9-/m1/s1. The Balaban J connectivity index is 1.85. The number of amides is 1. The number of hydrogen-bond donors (Lipinski definition) is 0. The maximum absolute atomic E-state index is 11.8. The molecule has 0 bridgehead atoms. The number of hydrogen-bond acceptors (Lipinski definition) is 2. The van der Waals surface area contributed by atoms with Crippen LogP contribution in [0.2, 0.25) is 0 Å². The second-order valence-corrected chi connectivity index (χ2v) is 5.22. The normalized spacial score (nSPS) is 26.1. The van der Waals surface area contributed by atoms with Gasteiger partial charge in [-0.05, 0) is 19.3 Å². The second-order valence-electron chi connectivity index (χ2n) is 4.69. The van der Waals surface area contributed by atoms with E-state index in [2.05, 4.69) is 0 Å². The molecule has 0 radical (unpaired) electrons. The van der Waals surface area contributed by atoms with Crippen molar-refractivity contribution in [3.8, 4) is 0 Å². The molecule has 2 fully saturated rings. The van der Waals surface area contributed by atoms with Crippen molar-refractivity contribution in [2.75, 3.05) is 26.3 Å². The van der Waals surface area contributed by atoms with Crippen LogP contribution in [0.1, 0.15) is 26.2 Å². The molecule has 1 atom stereocenters. The molecule has 2 aliphatic heterocycles. The molecule has 0 aliphatic carbocycles. The van der Waals surface area contributed by atoms with Crippen molar-refractivity contribution in [3.63, 3.8) is 0 Å². The first kappa shape index (κ1) is 11.2. The van der Waals surface area contributed by atoms with Gasteiger partial charge in [0.1, 0.15) is 5.38 Å². The number of rotatable bonds is 2. The monoisotopic (exact) mass is 231 g/mol. The Morgan fingerprint density at radius 1 is 1.47 bits per heavy atom. The summed E-state index contributed by atoms with van der Waals surface area (Å²) in [7, 11) is 0. The predicted octanol–water partition coefficient (Wildman–Crippen LogP) is 1.64. The van der Waals surface area contributed by atoms with Gasteiger partial charge in [0.2, 0.25) is 5.91 Å². The lowest BCUT2D eigenvalue weighted by Crippen LogP contribution is -2.53. The highest BCUT2D eigenvalue weighted by molar-refractivity contribution is 6.30. The van der Waals surface area contributed by atoms with Crippen molar-refractivity contribution in [2.24, 2.45) is 5.41 Å². The van der Waals surface area contributed by atoms with Crippen LogP contribution < -0.4 is 0 Å². The lowest BCUT2D eigenvalue weighted by atomic mass is 9.77. The van der Waals surface area contributed by atoms with E-state index in [1.54, 1.807) is 0 Å². The summed E-state index contributed by atoms with van der Waals surface area (Å²) in [6.07, 6.45) is 2.86. The minimum Gasteiger partial charge on any atom is -0.380 e. The molecule has 2 aliphatic rings. The van der Waals surface area contributed by atoms with Crippen molar-refractivity contribution < 1.29 is 9.53 Å². The molecule has 2 saturated heterocycles. The number of nitrogens with zero attached hydrogens (tertiary/aromatic N) is 1. The summed E-state index contributed by atoms with van der Waals surface area (Å²) < 4.78 is 5.25. The molecule has 0 aromatic carbocycles. The molecule has 2 heterocycles. The Kier molecular flexibility index (Phi) is 3.21. The van der Waals surface area contributed by atoms with Crippen LogP contribution in [0.4, 0.5) is 0 Å². The molecule has 86 valence electrons. The summed E-state index contributed by atoms with van der Waals surface area (Å²) in [4.78, 5) is 13.7. The van der Waals surface area contributed by atoms with Crippen molar-refractivity contribution in [2.45, 2.75) is 31.6 Å². The third-order valence-electron chi connectivity index (χ3n) is 3.58. The predicted molar refractivity (Wildman–Crippen MR) is 59.0 cm³/mol. The minimum absolute atomic E-state index is 0.106. The van der Waals surface area contributed by atoms with Crippen LogP contribution in [0.3, 0.4) is 0 Å². The van der Waals surface area contributed by atoms with Crippen LogP contribution in [-0.4, -0.2) is 42.5 Å². The van der Waals surface area contributed by atoms with Gasteiger partial charge < -0.3 is 9.64 Å². The highest BCUT2D eigenvalue weighted by Crippen LogP contribution is 2.38. The summed E-state index contributed by atoms with van der Waals surface area (Å²) >= 11 is 5.95. The van der Waals surface area contributed by atoms with Crippen LogP contribution in [-0.2, 0) is 9.53 Å². The molecule has 1 amide bonds. The van der Waals surface area contributed by atoms with E-state index in [4.69, 9.17) is 16.3 Å². The topological polar surface area (TPSA) is 29.5 Å². The zero-order chi connectivity index (χ0) is 10.9. The van der Waals surface area contributed by atoms with Crippen molar-refractivity contribution in [3.05, 3.63) is 0 Å². The Hall–Kier alpha value is -0.280. The lowest BCUT2D eigenvalue weighted by Gasteiger charge is -2.47. The van der Waals surface area contributed by atoms with E-state index in [1.165, 1.54) is 0 Å². The Morgan fingerprint density at radius 3 is 2.47 bits per heavy atom. The number of likely N-dealkylation sites (tertiary alicyclic amines) is 1. The first-order valence-electron chi connectivity index (χ1n) is 5.67. The fourth-order valence-electron chi connectivity index (χ4n) is 2.25. The molecule has 0 unspecified atom stereocenters. The SMILES string of the molecule is CC[C@@H](Cl)C(=O)N1CCC2(CC1)COC2. The van der Waals surface area contributed by atoms with Gasteiger partial charge in [0, 0.05) is 18.5 Å². The molecule has 4 heteroatoms. The van der Waals surface area contributed by atoms with Gasteiger partial charge in [0.15, 0.2) is 0 Å². The van der Waals surface area contributed by atoms with E-state index < -0.39 is 0 Å². The maximum atomic E-state index is 11.8. The van der Waals surface area contributed by atoms with Crippen molar-refractivity contribution in [1.29, 1.82) is 0 Å². The third-order valence-corrected chi connectivity index (χ3v) is 4.07. The minimum atomic E-state index is -0.336. The number of alkyl halides is 1. The van der Waals surface area contributed by atoms with E-state index >= 15 is 0 Å². The highest BCUT2D eigenvalue weighted by atomic mass is 35.5. The summed E-state index contributed by atoms with van der Waals surface area (Å²) in [6, 6.07) is 0. The second kappa shape index (κ2) is 4.30. The molecular formula is C11H18ClNO2. The van der Waals surface area contributed by atoms with Gasteiger partial charge in [-0.1, -0.05) is 6.92 Å². The van der Waals surface area contributed by atoms with E-state index in [1.807, 2.05) is 11.8 Å². The van der Waals surface area contributed by atoms with E-state index in [0.717, 1.165) is 39.1 Å². The number of carbonyl (C=O) groups is 1. The fourth-order valence-corrected chi connectivity index (χ4v) is 2.39. The van der Waals surface area contributed by atoms with Crippen LogP contribution in [0, 0.1) is 5.41 Å². The van der Waals surface area contributed by atoms with E-state index in [-0.39, 0.29) is 11.3 Å². The summed E-state index contributed by atoms with van der Waals surface area (Å²) in [6.45, 7) is 5.41. The molecule has 0 aromatic rings. The molecule has 15 heavy (non-hydrogen) atoms. The van der Waals surface area contributed by atoms with Crippen molar-refractivity contribution >= 4 is 17.5 Å². The Bertz CT molecular complexity index is 243. The average Bonchev–Trinajstić information content (AvgIpc) is 2.25. The van der Waals surface area contributed by atoms with Gasteiger partial charge in [0.25, 0.3) is 0 Å². The van der Waals surface area contributed by atoms with E-state index in [0.29, 0.717) is 11.8 Å². The maximum Gasteiger partial charge on any atom is 0.240 e. The summed E-state index contributed by atoms with van der Waals surface area (Å²) in [5.74, 6) is 0.106. The van der Waals surface area contributed by atoms with E-state index in [9.17, 15) is 4.79 Å². The zero-order valence-corrected chi connectivity index (χ0v) is 9.92. The number of piperidine rings is 1. The average molecular weight is 232 g/mol. The van der Waals surface area contributed by atoms with Gasteiger partial charge in [-0.3, -0.25) is 4.79 Å². The van der Waals surface area contributed by atoms with Crippen LogP contribution in [0.15, 0.2) is 0 Å². The molecule has 0 saturated carbocycles. The first-order chi connectivity index (χ1) is 7.17. The molecule has 2 rings (SSSR count). The number of carbonyl (C=O) groups excluding carboxylic acids is 1. The van der Waals surface area contributed by atoms with Crippen molar-refractivity contribution in [1.82, 2.24) is 4.90 Å². The quantitative estimate of drug-likeness (QED) is 0.677. The number of ether oxygens (including phenoxy) is 1. The Morgan fingerprint density at radius 2 is 2.07 bits per heavy atom. The zero-order valence-electron chi connectivity index (χ0n) is 9.17. The molecular weight excluding hydrogens is 214 g/mol. The van der Waals surface area contributed by atoms with Gasteiger partial charge in [0.05, 0.1) is 13.2 Å². The van der Waals surface area contributed by atoms with Crippen LogP contribution in [0.5, 0.6) is 0 Å². The van der Waals surface area contributed by atoms with Gasteiger partial charge in [-0.25, -0.2) is 0 Å². The van der Waals surface area contributed by atoms with Gasteiger partial charge in [-0.15, -0.1) is 11.6 Å². The molecule has 3 nitrogen and oxygen atoms in total. The molecule has 1 spiro atoms. The third kappa shape index (κ3) is 2.13. The van der Waals surface area contributed by atoms with Gasteiger partial charge in [-0.2, -0.15) is 0 Å². The van der Waals surface area contributed by atoms with Gasteiger partial charge >= 0.3 is 0 Å². The highest BCUT2D eigenvalue weighted by Gasteiger charge is 2.42. The number of halogens is 1. The summed E-state index contributed by atoms with van der Waals surface area (Å²) in [5.41, 5.74) is 0.394. The van der Waals surface area contributed by atoms with Crippen LogP contribution in [0.25, 0.3) is 0 Å². The molecule has 0 N–H and O–H groups in total.